The summed E-state index contributed by atoms with van der Waals surface area (Å²) in [5.74, 6) is -0.671. The molecule has 0 amide bonds. The maximum Gasteiger partial charge on any atom is 0.358 e. The minimum atomic E-state index is -1.14. The van der Waals surface area contributed by atoms with E-state index in [-0.39, 0.29) is 12.3 Å². The third kappa shape index (κ3) is 4.72. The van der Waals surface area contributed by atoms with Gasteiger partial charge in [-0.1, -0.05) is 28.9 Å². The van der Waals surface area contributed by atoms with Crippen LogP contribution in [0.25, 0.3) is 11.6 Å². The summed E-state index contributed by atoms with van der Waals surface area (Å²) in [6.45, 7) is 0.547. The summed E-state index contributed by atoms with van der Waals surface area (Å²) in [6.07, 6.45) is 4.64. The number of carbonyl (C=O) groups is 1. The van der Waals surface area contributed by atoms with Crippen LogP contribution >= 0.6 is 11.6 Å². The number of nitriles is 1. The van der Waals surface area contributed by atoms with Crippen molar-refractivity contribution in [2.45, 2.75) is 6.54 Å². The van der Waals surface area contributed by atoms with Crippen molar-refractivity contribution < 1.29 is 14.6 Å². The van der Waals surface area contributed by atoms with E-state index in [0.29, 0.717) is 28.6 Å². The van der Waals surface area contributed by atoms with Gasteiger partial charge in [0, 0.05) is 6.20 Å². The molecule has 0 aliphatic carbocycles. The molecule has 2 heterocycles. The summed E-state index contributed by atoms with van der Waals surface area (Å²) in [5, 5.41) is 25.8. The number of halogens is 1. The van der Waals surface area contributed by atoms with Gasteiger partial charge in [-0.25, -0.2) is 9.48 Å². The maximum atomic E-state index is 10.8. The van der Waals surface area contributed by atoms with Crippen LogP contribution in [-0.2, 0) is 6.54 Å². The van der Waals surface area contributed by atoms with Crippen molar-refractivity contribution in [1.82, 2.24) is 20.0 Å². The Hall–Kier alpha value is -3.70. The molecule has 1 aromatic carbocycles. The Labute approximate surface area is 165 Å². The Balaban J connectivity index is 1.66. The van der Waals surface area contributed by atoms with Gasteiger partial charge in [-0.3, -0.25) is 4.98 Å². The van der Waals surface area contributed by atoms with E-state index in [2.05, 4.69) is 21.4 Å². The number of hydrogen-bond acceptors (Lipinski definition) is 6. The summed E-state index contributed by atoms with van der Waals surface area (Å²) < 4.78 is 6.99. The van der Waals surface area contributed by atoms with Crippen molar-refractivity contribution in [3.8, 4) is 11.8 Å². The highest BCUT2D eigenvalue weighted by atomic mass is 35.5. The molecule has 0 spiro atoms. The summed E-state index contributed by atoms with van der Waals surface area (Å²) in [4.78, 5) is 15.0. The zero-order valence-corrected chi connectivity index (χ0v) is 15.2. The van der Waals surface area contributed by atoms with Crippen molar-refractivity contribution in [3.05, 3.63) is 70.8 Å². The number of aromatic carboxylic acids is 1. The lowest BCUT2D eigenvalue weighted by Crippen LogP contribution is -2.09. The van der Waals surface area contributed by atoms with Crippen LogP contribution in [0.1, 0.15) is 21.7 Å². The monoisotopic (exact) mass is 395 g/mol. The van der Waals surface area contributed by atoms with Crippen LogP contribution in [0, 0.1) is 11.3 Å². The van der Waals surface area contributed by atoms with Crippen molar-refractivity contribution >= 4 is 29.2 Å². The maximum absolute atomic E-state index is 10.8. The van der Waals surface area contributed by atoms with Gasteiger partial charge in [0.15, 0.2) is 5.69 Å². The molecule has 0 aliphatic rings. The fraction of sp³-hybridized carbons (Fsp3) is 0.105. The molecule has 1 N–H and O–H groups in total. The van der Waals surface area contributed by atoms with E-state index in [9.17, 15) is 10.1 Å². The number of carboxylic acids is 1. The third-order valence-electron chi connectivity index (χ3n) is 3.66. The first-order valence-electron chi connectivity index (χ1n) is 8.16. The summed E-state index contributed by atoms with van der Waals surface area (Å²) in [7, 11) is 0. The first-order chi connectivity index (χ1) is 13.6. The van der Waals surface area contributed by atoms with E-state index in [1.165, 1.54) is 10.9 Å². The van der Waals surface area contributed by atoms with E-state index in [1.807, 2.05) is 6.07 Å². The van der Waals surface area contributed by atoms with Crippen LogP contribution in [0.15, 0.2) is 48.8 Å². The quantitative estimate of drug-likeness (QED) is 0.611. The van der Waals surface area contributed by atoms with Gasteiger partial charge in [-0.05, 0) is 35.9 Å². The van der Waals surface area contributed by atoms with E-state index >= 15 is 0 Å². The highest BCUT2D eigenvalue weighted by molar-refractivity contribution is 6.32. The zero-order chi connectivity index (χ0) is 19.9. The molecule has 8 nitrogen and oxygen atoms in total. The van der Waals surface area contributed by atoms with E-state index in [4.69, 9.17) is 21.4 Å². The van der Waals surface area contributed by atoms with Gasteiger partial charge in [-0.15, -0.1) is 5.10 Å². The molecule has 0 saturated heterocycles. The summed E-state index contributed by atoms with van der Waals surface area (Å²) in [6, 6.07) is 12.6. The van der Waals surface area contributed by atoms with Crippen LogP contribution in [0.2, 0.25) is 5.02 Å². The fourth-order valence-electron chi connectivity index (χ4n) is 2.33. The molecule has 0 radical (unpaired) electrons. The zero-order valence-electron chi connectivity index (χ0n) is 14.5. The average molecular weight is 396 g/mol. The molecular weight excluding hydrogens is 382 g/mol. The largest absolute Gasteiger partial charge is 0.490 e. The number of allylic oxidation sites excluding steroid dienone is 1. The minimum absolute atomic E-state index is 0.129. The standard InChI is InChI=1S/C19H14ClN5O3/c20-15-10-13(9-14(11-21)16-3-1-2-6-22-16)4-5-18(15)28-8-7-25-12-17(19(26)27)23-24-25/h1-6,9-10,12H,7-8H2,(H,26,27)/b14-9-. The van der Waals surface area contributed by atoms with Crippen LogP contribution in [0.3, 0.4) is 0 Å². The van der Waals surface area contributed by atoms with Crippen molar-refractivity contribution in [3.63, 3.8) is 0 Å². The Kier molecular flexibility index (Phi) is 5.99. The first-order valence-corrected chi connectivity index (χ1v) is 8.53. The number of aromatic nitrogens is 4. The molecule has 0 atom stereocenters. The van der Waals surface area contributed by atoms with Gasteiger partial charge in [-0.2, -0.15) is 5.26 Å². The van der Waals surface area contributed by atoms with Crippen molar-refractivity contribution in [2.75, 3.05) is 6.61 Å². The van der Waals surface area contributed by atoms with E-state index in [0.717, 1.165) is 5.56 Å². The van der Waals surface area contributed by atoms with Gasteiger partial charge >= 0.3 is 5.97 Å². The number of ether oxygens (including phenoxy) is 1. The Morgan fingerprint density at radius 3 is 2.82 bits per heavy atom. The van der Waals surface area contributed by atoms with Crippen molar-refractivity contribution in [2.24, 2.45) is 0 Å². The molecule has 3 aromatic rings. The molecule has 3 rings (SSSR count). The minimum Gasteiger partial charge on any atom is -0.490 e. The number of benzene rings is 1. The van der Waals surface area contributed by atoms with Gasteiger partial charge in [0.2, 0.25) is 0 Å². The van der Waals surface area contributed by atoms with Crippen LogP contribution in [0.5, 0.6) is 5.75 Å². The molecule has 28 heavy (non-hydrogen) atoms. The van der Waals surface area contributed by atoms with Crippen LogP contribution < -0.4 is 4.74 Å². The number of hydrogen-bond donors (Lipinski definition) is 1. The second kappa shape index (κ2) is 8.79. The molecule has 0 fully saturated rings. The van der Waals surface area contributed by atoms with E-state index < -0.39 is 5.97 Å². The smallest absolute Gasteiger partial charge is 0.358 e. The van der Waals surface area contributed by atoms with E-state index in [1.54, 1.807) is 42.6 Å². The molecule has 0 bridgehead atoms. The van der Waals surface area contributed by atoms with Crippen LogP contribution in [-0.4, -0.2) is 37.7 Å². The molecular formula is C19H14ClN5O3. The third-order valence-corrected chi connectivity index (χ3v) is 3.96. The first kappa shape index (κ1) is 19.1. The second-order valence-corrected chi connectivity index (χ2v) is 6.00. The molecule has 0 saturated carbocycles. The van der Waals surface area contributed by atoms with Crippen molar-refractivity contribution in [1.29, 1.82) is 5.26 Å². The van der Waals surface area contributed by atoms with Gasteiger partial charge < -0.3 is 9.84 Å². The summed E-state index contributed by atoms with van der Waals surface area (Å²) >= 11 is 6.26. The normalized spacial score (nSPS) is 11.1. The van der Waals surface area contributed by atoms with Gasteiger partial charge in [0.1, 0.15) is 18.4 Å². The number of nitrogens with zero attached hydrogens (tertiary/aromatic N) is 5. The molecule has 140 valence electrons. The highest BCUT2D eigenvalue weighted by Crippen LogP contribution is 2.27. The number of carboxylic acid groups (broad SMARTS) is 1. The summed E-state index contributed by atoms with van der Waals surface area (Å²) in [5.41, 5.74) is 1.61. The lowest BCUT2D eigenvalue weighted by molar-refractivity contribution is 0.0690. The second-order valence-electron chi connectivity index (χ2n) is 5.60. The molecule has 9 heteroatoms. The molecule has 2 aromatic heterocycles. The highest BCUT2D eigenvalue weighted by Gasteiger charge is 2.09. The number of rotatable bonds is 7. The topological polar surface area (TPSA) is 114 Å². The lowest BCUT2D eigenvalue weighted by Gasteiger charge is -2.08. The predicted octanol–water partition coefficient (Wildman–Crippen LogP) is 3.17. The average Bonchev–Trinajstić information content (AvgIpc) is 3.18. The van der Waals surface area contributed by atoms with Gasteiger partial charge in [0.25, 0.3) is 0 Å². The predicted molar refractivity (Wildman–Crippen MR) is 102 cm³/mol. The fourth-order valence-corrected chi connectivity index (χ4v) is 2.57. The Morgan fingerprint density at radius 1 is 1.32 bits per heavy atom. The lowest BCUT2D eigenvalue weighted by atomic mass is 10.1. The Morgan fingerprint density at radius 2 is 2.18 bits per heavy atom. The van der Waals surface area contributed by atoms with Gasteiger partial charge in [0.05, 0.1) is 29.0 Å². The SMILES string of the molecule is N#C/C(=C/c1ccc(OCCn2cc(C(=O)O)nn2)c(Cl)c1)c1ccccn1. The molecule has 0 unspecified atom stereocenters. The molecule has 0 aliphatic heterocycles. The Bertz CT molecular complexity index is 1060. The number of pyridine rings is 1. The van der Waals surface area contributed by atoms with Crippen LogP contribution in [0.4, 0.5) is 0 Å².